The zero-order valence-corrected chi connectivity index (χ0v) is 13.4. The number of carbonyl (C=O) groups excluding carboxylic acids is 1. The molecular weight excluding hydrogens is 306 g/mol. The van der Waals surface area contributed by atoms with Crippen LogP contribution in [-0.2, 0) is 12.8 Å². The molecule has 122 valence electrons. The number of rotatable bonds is 5. The molecule has 0 amide bonds. The van der Waals surface area contributed by atoms with E-state index < -0.39 is 0 Å². The number of ketones is 1. The molecular formula is C18H17N3O3. The SMILES string of the molecule is CCc1nc(-c2ccc3c(c2)CC[C@H]3CC(=O)c2cnco2)no1. The van der Waals surface area contributed by atoms with Gasteiger partial charge in [0.25, 0.3) is 0 Å². The molecule has 2 heterocycles. The van der Waals surface area contributed by atoms with E-state index in [1.807, 2.05) is 13.0 Å². The highest BCUT2D eigenvalue weighted by molar-refractivity contribution is 5.93. The van der Waals surface area contributed by atoms with Crippen LogP contribution < -0.4 is 0 Å². The predicted octanol–water partition coefficient (Wildman–Crippen LogP) is 3.59. The molecule has 0 unspecified atom stereocenters. The fourth-order valence-electron chi connectivity index (χ4n) is 3.25. The molecule has 0 fully saturated rings. The summed E-state index contributed by atoms with van der Waals surface area (Å²) >= 11 is 0. The Kier molecular flexibility index (Phi) is 3.72. The van der Waals surface area contributed by atoms with Gasteiger partial charge < -0.3 is 8.94 Å². The molecule has 0 aliphatic heterocycles. The van der Waals surface area contributed by atoms with Crippen LogP contribution in [0.25, 0.3) is 11.4 Å². The molecule has 6 nitrogen and oxygen atoms in total. The first-order valence-electron chi connectivity index (χ1n) is 8.12. The van der Waals surface area contributed by atoms with Crippen molar-refractivity contribution in [2.24, 2.45) is 0 Å². The lowest BCUT2D eigenvalue weighted by Gasteiger charge is -2.10. The lowest BCUT2D eigenvalue weighted by Crippen LogP contribution is -2.04. The van der Waals surface area contributed by atoms with Crippen LogP contribution in [-0.4, -0.2) is 20.9 Å². The molecule has 0 bridgehead atoms. The largest absolute Gasteiger partial charge is 0.440 e. The van der Waals surface area contributed by atoms with Crippen molar-refractivity contribution in [1.29, 1.82) is 0 Å². The number of hydrogen-bond donors (Lipinski definition) is 0. The summed E-state index contributed by atoms with van der Waals surface area (Å²) in [5.74, 6) is 1.82. The van der Waals surface area contributed by atoms with Crippen LogP contribution in [0.4, 0.5) is 0 Å². The summed E-state index contributed by atoms with van der Waals surface area (Å²) in [4.78, 5) is 20.4. The molecule has 4 rings (SSSR count). The second-order valence-corrected chi connectivity index (χ2v) is 6.01. The number of aromatic nitrogens is 3. The van der Waals surface area contributed by atoms with E-state index in [1.165, 1.54) is 23.7 Å². The molecule has 1 atom stereocenters. The number of carbonyl (C=O) groups is 1. The zero-order chi connectivity index (χ0) is 16.5. The first-order chi connectivity index (χ1) is 11.7. The number of aryl methyl sites for hydroxylation is 2. The minimum atomic E-state index is 0.000169. The van der Waals surface area contributed by atoms with E-state index in [9.17, 15) is 4.79 Å². The average Bonchev–Trinajstić information content (AvgIpc) is 3.35. The Morgan fingerprint density at radius 1 is 1.38 bits per heavy atom. The van der Waals surface area contributed by atoms with Crippen LogP contribution >= 0.6 is 0 Å². The Labute approximate surface area is 138 Å². The summed E-state index contributed by atoms with van der Waals surface area (Å²) in [5, 5.41) is 4.02. The molecule has 3 aromatic rings. The van der Waals surface area contributed by atoms with Gasteiger partial charge in [-0.05, 0) is 36.0 Å². The van der Waals surface area contributed by atoms with Crippen LogP contribution in [0, 0.1) is 0 Å². The number of nitrogens with zero attached hydrogens (tertiary/aromatic N) is 3. The number of benzene rings is 1. The number of fused-ring (bicyclic) bond motifs is 1. The van der Waals surface area contributed by atoms with Crippen LogP contribution in [0.5, 0.6) is 0 Å². The minimum Gasteiger partial charge on any atom is -0.440 e. The highest BCUT2D eigenvalue weighted by Crippen LogP contribution is 2.38. The van der Waals surface area contributed by atoms with Gasteiger partial charge in [-0.1, -0.05) is 24.2 Å². The molecule has 1 aromatic carbocycles. The van der Waals surface area contributed by atoms with Crippen LogP contribution in [0.15, 0.2) is 39.7 Å². The zero-order valence-electron chi connectivity index (χ0n) is 13.4. The van der Waals surface area contributed by atoms with Crippen molar-refractivity contribution in [3.63, 3.8) is 0 Å². The van der Waals surface area contributed by atoms with E-state index in [0.29, 0.717) is 23.9 Å². The van der Waals surface area contributed by atoms with Crippen molar-refractivity contribution >= 4 is 5.78 Å². The normalized spacial score (nSPS) is 16.3. The van der Waals surface area contributed by atoms with Gasteiger partial charge in [-0.2, -0.15) is 4.98 Å². The van der Waals surface area contributed by atoms with Crippen molar-refractivity contribution in [2.45, 2.75) is 38.5 Å². The van der Waals surface area contributed by atoms with E-state index in [1.54, 1.807) is 0 Å². The highest BCUT2D eigenvalue weighted by Gasteiger charge is 2.26. The molecule has 0 saturated carbocycles. The molecule has 0 N–H and O–H groups in total. The Morgan fingerprint density at radius 3 is 3.04 bits per heavy atom. The second kappa shape index (κ2) is 6.03. The first kappa shape index (κ1) is 14.8. The molecule has 6 heteroatoms. The Bertz CT molecular complexity index is 868. The molecule has 2 aromatic heterocycles. The quantitative estimate of drug-likeness (QED) is 0.667. The molecule has 1 aliphatic rings. The molecule has 0 saturated heterocycles. The van der Waals surface area contributed by atoms with Gasteiger partial charge in [0, 0.05) is 18.4 Å². The van der Waals surface area contributed by atoms with Gasteiger partial charge in [0.05, 0.1) is 6.20 Å². The van der Waals surface area contributed by atoms with Gasteiger partial charge in [0.15, 0.2) is 17.9 Å². The standard InChI is InChI=1S/C18H17N3O3/c1-2-17-20-18(21-24-17)13-5-6-14-11(7-13)3-4-12(14)8-15(22)16-9-19-10-23-16/h5-7,9-10,12H,2-4,8H2,1H3/t12-/m0/s1. The van der Waals surface area contributed by atoms with Crippen molar-refractivity contribution in [3.05, 3.63) is 53.6 Å². The molecule has 0 radical (unpaired) electrons. The maximum atomic E-state index is 12.2. The maximum Gasteiger partial charge on any atom is 0.226 e. The summed E-state index contributed by atoms with van der Waals surface area (Å²) in [6.45, 7) is 1.98. The molecule has 24 heavy (non-hydrogen) atoms. The Morgan fingerprint density at radius 2 is 2.29 bits per heavy atom. The van der Waals surface area contributed by atoms with E-state index in [0.717, 1.165) is 24.8 Å². The van der Waals surface area contributed by atoms with E-state index in [2.05, 4.69) is 27.3 Å². The fourth-order valence-corrected chi connectivity index (χ4v) is 3.25. The van der Waals surface area contributed by atoms with E-state index in [4.69, 9.17) is 8.94 Å². The van der Waals surface area contributed by atoms with Gasteiger partial charge in [0.2, 0.25) is 11.7 Å². The fraction of sp³-hybridized carbons (Fsp3) is 0.333. The van der Waals surface area contributed by atoms with E-state index >= 15 is 0 Å². The topological polar surface area (TPSA) is 82.0 Å². The van der Waals surface area contributed by atoms with Crippen molar-refractivity contribution in [3.8, 4) is 11.4 Å². The average molecular weight is 323 g/mol. The number of oxazole rings is 1. The lowest BCUT2D eigenvalue weighted by molar-refractivity contribution is 0.0946. The second-order valence-electron chi connectivity index (χ2n) is 6.01. The van der Waals surface area contributed by atoms with Crippen molar-refractivity contribution in [1.82, 2.24) is 15.1 Å². The summed E-state index contributed by atoms with van der Waals surface area (Å²) in [6.07, 6.45) is 5.86. The molecule has 1 aliphatic carbocycles. The number of hydrogen-bond acceptors (Lipinski definition) is 6. The van der Waals surface area contributed by atoms with E-state index in [-0.39, 0.29) is 11.7 Å². The van der Waals surface area contributed by atoms with Crippen LogP contribution in [0.3, 0.4) is 0 Å². The Balaban J connectivity index is 1.55. The highest BCUT2D eigenvalue weighted by atomic mass is 16.5. The Hall–Kier alpha value is -2.76. The van der Waals surface area contributed by atoms with Gasteiger partial charge in [-0.25, -0.2) is 4.98 Å². The predicted molar refractivity (Wildman–Crippen MR) is 85.6 cm³/mol. The van der Waals surface area contributed by atoms with Crippen LogP contribution in [0.1, 0.15) is 53.3 Å². The lowest BCUT2D eigenvalue weighted by atomic mass is 9.94. The van der Waals surface area contributed by atoms with Crippen molar-refractivity contribution in [2.75, 3.05) is 0 Å². The summed E-state index contributed by atoms with van der Waals surface area (Å²) < 4.78 is 10.3. The van der Waals surface area contributed by atoms with Crippen LogP contribution in [0.2, 0.25) is 0 Å². The van der Waals surface area contributed by atoms with Gasteiger partial charge in [-0.15, -0.1) is 0 Å². The van der Waals surface area contributed by atoms with Gasteiger partial charge in [-0.3, -0.25) is 4.79 Å². The van der Waals surface area contributed by atoms with Gasteiger partial charge in [0.1, 0.15) is 0 Å². The summed E-state index contributed by atoms with van der Waals surface area (Å²) in [7, 11) is 0. The van der Waals surface area contributed by atoms with Crippen molar-refractivity contribution < 1.29 is 13.7 Å². The monoisotopic (exact) mass is 323 g/mol. The minimum absolute atomic E-state index is 0.000169. The third-order valence-electron chi connectivity index (χ3n) is 4.51. The first-order valence-corrected chi connectivity index (χ1v) is 8.12. The maximum absolute atomic E-state index is 12.2. The molecule has 0 spiro atoms. The number of Topliss-reactive ketones (excluding diaryl/α,β-unsaturated/α-hetero) is 1. The third-order valence-corrected chi connectivity index (χ3v) is 4.51. The summed E-state index contributed by atoms with van der Waals surface area (Å²) in [6, 6.07) is 6.19. The van der Waals surface area contributed by atoms with Gasteiger partial charge >= 0.3 is 0 Å². The summed E-state index contributed by atoms with van der Waals surface area (Å²) in [5.41, 5.74) is 3.44. The third kappa shape index (κ3) is 2.64. The smallest absolute Gasteiger partial charge is 0.226 e.